The molecule has 1 unspecified atom stereocenters. The Balaban J connectivity index is 1.77. The fraction of sp³-hybridized carbons (Fsp3) is 0.280. The van der Waals surface area contributed by atoms with Crippen LogP contribution in [0.1, 0.15) is 47.9 Å². The van der Waals surface area contributed by atoms with Crippen molar-refractivity contribution >= 4 is 0 Å². The van der Waals surface area contributed by atoms with Crippen LogP contribution in [0.2, 0.25) is 0 Å². The van der Waals surface area contributed by atoms with Gasteiger partial charge in [-0.3, -0.25) is 0 Å². The Morgan fingerprint density at radius 2 is 1.39 bits per heavy atom. The highest BCUT2D eigenvalue weighted by molar-refractivity contribution is 5.67. The van der Waals surface area contributed by atoms with Crippen molar-refractivity contribution in [2.24, 2.45) is 0 Å². The number of aryl methyl sites for hydroxylation is 1. The molecule has 3 aromatic carbocycles. The van der Waals surface area contributed by atoms with Gasteiger partial charge >= 0.3 is 0 Å². The predicted molar refractivity (Wildman–Crippen MR) is 107 cm³/mol. The minimum absolute atomic E-state index is 0.00928. The van der Waals surface area contributed by atoms with Crippen molar-refractivity contribution in [3.05, 3.63) is 93.1 Å². The zero-order valence-corrected chi connectivity index (χ0v) is 17.4. The predicted octanol–water partition coefficient (Wildman–Crippen LogP) is 7.69. The van der Waals surface area contributed by atoms with Crippen LogP contribution in [0.3, 0.4) is 0 Å². The van der Waals surface area contributed by atoms with E-state index in [1.165, 1.54) is 12.1 Å². The molecule has 0 spiro atoms. The van der Waals surface area contributed by atoms with E-state index in [4.69, 9.17) is 0 Å². The summed E-state index contributed by atoms with van der Waals surface area (Å²) < 4.78 is 114. The van der Waals surface area contributed by atoms with Gasteiger partial charge in [0, 0.05) is 0 Å². The van der Waals surface area contributed by atoms with Gasteiger partial charge in [-0.25, -0.2) is 35.1 Å². The van der Waals surface area contributed by atoms with Gasteiger partial charge in [0.15, 0.2) is 40.7 Å². The third kappa shape index (κ3) is 3.89. The molecule has 0 fully saturated rings. The van der Waals surface area contributed by atoms with Gasteiger partial charge in [0.05, 0.1) is 5.56 Å². The topological polar surface area (TPSA) is 0 Å². The first-order valence-corrected chi connectivity index (χ1v) is 10.5. The third-order valence-corrected chi connectivity index (χ3v) is 6.14. The van der Waals surface area contributed by atoms with E-state index in [2.05, 4.69) is 0 Å². The van der Waals surface area contributed by atoms with Crippen LogP contribution in [0.15, 0.2) is 24.3 Å². The van der Waals surface area contributed by atoms with Crippen LogP contribution in [0.5, 0.6) is 0 Å². The number of fused-ring (bicyclic) bond motifs is 1. The van der Waals surface area contributed by atoms with Crippen molar-refractivity contribution in [3.63, 3.8) is 0 Å². The summed E-state index contributed by atoms with van der Waals surface area (Å²) in [6.07, 6.45) is 0.643. The molecule has 0 N–H and O–H groups in total. The smallest absolute Gasteiger partial charge is 0.194 e. The van der Waals surface area contributed by atoms with E-state index in [0.717, 1.165) is 0 Å². The van der Waals surface area contributed by atoms with Crippen LogP contribution in [0.4, 0.5) is 35.1 Å². The summed E-state index contributed by atoms with van der Waals surface area (Å²) in [6, 6.07) is 3.62. The lowest BCUT2D eigenvalue weighted by atomic mass is 9.78. The molecule has 0 aliphatic heterocycles. The Hall–Kier alpha value is -2.90. The molecular weight excluding hydrogens is 452 g/mol. The summed E-state index contributed by atoms with van der Waals surface area (Å²) in [5, 5.41) is 0. The molecule has 1 atom stereocenters. The van der Waals surface area contributed by atoms with E-state index >= 15 is 4.39 Å². The summed E-state index contributed by atoms with van der Waals surface area (Å²) in [7, 11) is 0. The Kier molecular flexibility index (Phi) is 6.20. The molecule has 33 heavy (non-hydrogen) atoms. The summed E-state index contributed by atoms with van der Waals surface area (Å²) in [4.78, 5) is 0. The van der Waals surface area contributed by atoms with Crippen molar-refractivity contribution in [2.75, 3.05) is 0 Å². The molecule has 3 aromatic rings. The lowest BCUT2D eigenvalue weighted by molar-refractivity contribution is 0.439. The molecule has 1 aliphatic rings. The number of rotatable bonds is 4. The first-order chi connectivity index (χ1) is 15.6. The van der Waals surface area contributed by atoms with Gasteiger partial charge in [0.2, 0.25) is 0 Å². The minimum atomic E-state index is -1.82. The zero-order valence-electron chi connectivity index (χ0n) is 17.4. The summed E-state index contributed by atoms with van der Waals surface area (Å²) in [5.41, 5.74) is -2.06. The second-order valence-electron chi connectivity index (χ2n) is 8.16. The maximum absolute atomic E-state index is 15.2. The average molecular weight is 470 g/mol. The van der Waals surface area contributed by atoms with Crippen LogP contribution >= 0.6 is 0 Å². The maximum atomic E-state index is 15.2. The molecule has 0 saturated carbocycles. The highest BCUT2D eigenvalue weighted by Crippen LogP contribution is 2.41. The minimum Gasteiger partial charge on any atom is -0.206 e. The van der Waals surface area contributed by atoms with Crippen LogP contribution in [0.25, 0.3) is 11.1 Å². The Morgan fingerprint density at radius 1 is 0.727 bits per heavy atom. The van der Waals surface area contributed by atoms with Crippen LogP contribution < -0.4 is 0 Å². The van der Waals surface area contributed by atoms with Crippen molar-refractivity contribution in [3.8, 4) is 11.1 Å². The Morgan fingerprint density at radius 3 is 2.03 bits per heavy atom. The molecule has 0 heterocycles. The molecule has 1 aliphatic carbocycles. The Bertz CT molecular complexity index is 1230. The maximum Gasteiger partial charge on any atom is 0.194 e. The monoisotopic (exact) mass is 470 g/mol. The van der Waals surface area contributed by atoms with Gasteiger partial charge in [-0.15, -0.1) is 0 Å². The van der Waals surface area contributed by atoms with Crippen molar-refractivity contribution in [1.29, 1.82) is 0 Å². The average Bonchev–Trinajstić information content (AvgIpc) is 2.79. The SMILES string of the molecule is CCCc1ccc(C2CCc3c(F)c(-c4cc(F)c(F)c(F)c4)c(F)c(F)c3C2)c(F)c1F. The van der Waals surface area contributed by atoms with Gasteiger partial charge in [0.25, 0.3) is 0 Å². The number of halogens is 8. The van der Waals surface area contributed by atoms with E-state index in [0.29, 0.717) is 25.0 Å². The van der Waals surface area contributed by atoms with Gasteiger partial charge in [-0.05, 0) is 71.6 Å². The molecule has 0 nitrogen and oxygen atoms in total. The zero-order chi connectivity index (χ0) is 24.0. The normalized spacial score (nSPS) is 15.6. The second-order valence-corrected chi connectivity index (χ2v) is 8.16. The molecule has 0 saturated heterocycles. The van der Waals surface area contributed by atoms with E-state index in [-0.39, 0.29) is 41.5 Å². The van der Waals surface area contributed by atoms with Crippen molar-refractivity contribution in [2.45, 2.75) is 44.9 Å². The van der Waals surface area contributed by atoms with Crippen molar-refractivity contribution in [1.82, 2.24) is 0 Å². The molecule has 0 bridgehead atoms. The largest absolute Gasteiger partial charge is 0.206 e. The first-order valence-electron chi connectivity index (χ1n) is 10.5. The highest BCUT2D eigenvalue weighted by Gasteiger charge is 2.33. The van der Waals surface area contributed by atoms with Crippen LogP contribution in [-0.2, 0) is 19.3 Å². The lowest BCUT2D eigenvalue weighted by Gasteiger charge is -2.27. The van der Waals surface area contributed by atoms with E-state index in [1.807, 2.05) is 6.92 Å². The quantitative estimate of drug-likeness (QED) is 0.208. The fourth-order valence-corrected chi connectivity index (χ4v) is 4.50. The van der Waals surface area contributed by atoms with E-state index < -0.39 is 63.6 Å². The molecular formula is C25H18F8. The number of benzene rings is 3. The molecule has 0 radical (unpaired) electrons. The number of hydrogen-bond donors (Lipinski definition) is 0. The van der Waals surface area contributed by atoms with E-state index in [9.17, 15) is 30.7 Å². The summed E-state index contributed by atoms with van der Waals surface area (Å²) in [6.45, 7) is 1.82. The third-order valence-electron chi connectivity index (χ3n) is 6.14. The number of hydrogen-bond acceptors (Lipinski definition) is 0. The van der Waals surface area contributed by atoms with Gasteiger partial charge in [0.1, 0.15) is 5.82 Å². The molecule has 0 amide bonds. The van der Waals surface area contributed by atoms with E-state index in [1.54, 1.807) is 0 Å². The molecule has 8 heteroatoms. The van der Waals surface area contributed by atoms with Crippen molar-refractivity contribution < 1.29 is 35.1 Å². The van der Waals surface area contributed by atoms with Crippen LogP contribution in [-0.4, -0.2) is 0 Å². The summed E-state index contributed by atoms with van der Waals surface area (Å²) >= 11 is 0. The molecule has 4 rings (SSSR count). The standard InChI is InChI=1S/C25H18F8/c1-2-3-11-4-6-14(22(30)20(11)28)12-5-7-15-16(8-12)23(31)25(33)19(21(15)29)13-9-17(26)24(32)18(27)10-13/h4,6,9-10,12H,2-3,5,7-8H2,1H3. The van der Waals surface area contributed by atoms with Gasteiger partial charge in [-0.1, -0.05) is 25.5 Å². The highest BCUT2D eigenvalue weighted by atomic mass is 19.2. The molecule has 174 valence electrons. The second kappa shape index (κ2) is 8.80. The lowest BCUT2D eigenvalue weighted by Crippen LogP contribution is -2.19. The Labute approximate surface area is 184 Å². The van der Waals surface area contributed by atoms with Gasteiger partial charge in [-0.2, -0.15) is 0 Å². The van der Waals surface area contributed by atoms with Crippen LogP contribution in [0, 0.1) is 46.5 Å². The summed E-state index contributed by atoms with van der Waals surface area (Å²) in [5.74, 6) is -12.3. The first kappa shape index (κ1) is 23.3. The molecule has 0 aromatic heterocycles. The fourth-order valence-electron chi connectivity index (χ4n) is 4.50. The van der Waals surface area contributed by atoms with Gasteiger partial charge < -0.3 is 0 Å².